The highest BCUT2D eigenvalue weighted by atomic mass is 35.5. The zero-order valence-electron chi connectivity index (χ0n) is 14.3. The number of carbonyl (C=O) groups is 3. The predicted molar refractivity (Wildman–Crippen MR) is 95.6 cm³/mol. The average molecular weight is 384 g/mol. The van der Waals surface area contributed by atoms with Crippen LogP contribution in [0.15, 0.2) is 12.4 Å². The third-order valence-electron chi connectivity index (χ3n) is 3.53. The lowest BCUT2D eigenvalue weighted by Gasteiger charge is -2.12. The Morgan fingerprint density at radius 2 is 2.12 bits per heavy atom. The summed E-state index contributed by atoms with van der Waals surface area (Å²) in [6.07, 6.45) is 2.96. The van der Waals surface area contributed by atoms with Gasteiger partial charge in [0.25, 0.3) is 0 Å². The van der Waals surface area contributed by atoms with Crippen LogP contribution < -0.4 is 5.32 Å². The number of hydrogen-bond acceptors (Lipinski definition) is 6. The second kappa shape index (κ2) is 7.79. The highest BCUT2D eigenvalue weighted by molar-refractivity contribution is 7.18. The Morgan fingerprint density at radius 1 is 1.44 bits per heavy atom. The van der Waals surface area contributed by atoms with Gasteiger partial charge in [0, 0.05) is 6.20 Å². The van der Waals surface area contributed by atoms with Gasteiger partial charge in [0.1, 0.15) is 11.0 Å². The van der Waals surface area contributed by atoms with E-state index in [9.17, 15) is 14.4 Å². The molecule has 0 aliphatic carbocycles. The smallest absolute Gasteiger partial charge is 0.341 e. The Hall–Kier alpha value is -2.19. The number of carbonyl (C=O) groups excluding carboxylic acids is 3. The number of anilines is 1. The number of amides is 1. The molecule has 25 heavy (non-hydrogen) atoms. The summed E-state index contributed by atoms with van der Waals surface area (Å²) in [6.45, 7) is 6.60. The van der Waals surface area contributed by atoms with E-state index < -0.39 is 12.0 Å². The molecule has 2 aromatic rings. The van der Waals surface area contributed by atoms with Crippen molar-refractivity contribution in [2.24, 2.45) is 0 Å². The molecule has 0 spiro atoms. The van der Waals surface area contributed by atoms with Gasteiger partial charge >= 0.3 is 5.97 Å². The number of thiophene rings is 1. The lowest BCUT2D eigenvalue weighted by atomic mass is 10.1. The standard InChI is InChI=1S/C16H18ClN3O4S/c1-5-24-16(23)12-8(2)13(10(4)21)25-15(12)19-14(22)9(3)20-7-11(17)6-18-20/h6-7,9H,5H2,1-4H3,(H,19,22). The van der Waals surface area contributed by atoms with Gasteiger partial charge < -0.3 is 10.1 Å². The summed E-state index contributed by atoms with van der Waals surface area (Å²) in [5, 5.41) is 7.40. The molecule has 2 rings (SSSR count). The minimum atomic E-state index is -0.647. The number of aromatic nitrogens is 2. The first-order valence-corrected chi connectivity index (χ1v) is 8.77. The lowest BCUT2D eigenvalue weighted by molar-refractivity contribution is -0.119. The third-order valence-corrected chi connectivity index (χ3v) is 5.03. The van der Waals surface area contributed by atoms with E-state index in [4.69, 9.17) is 16.3 Å². The van der Waals surface area contributed by atoms with Gasteiger partial charge in [-0.3, -0.25) is 14.3 Å². The normalized spacial score (nSPS) is 11.9. The molecule has 134 valence electrons. The number of Topliss-reactive ketones (excluding diaryl/α,β-unsaturated/α-hetero) is 1. The Morgan fingerprint density at radius 3 is 2.64 bits per heavy atom. The molecule has 0 radical (unpaired) electrons. The Labute approximate surface area is 153 Å². The van der Waals surface area contributed by atoms with Gasteiger partial charge in [-0.1, -0.05) is 11.6 Å². The van der Waals surface area contributed by atoms with Crippen LogP contribution >= 0.6 is 22.9 Å². The number of halogens is 1. The van der Waals surface area contributed by atoms with Crippen molar-refractivity contribution in [2.45, 2.75) is 33.7 Å². The van der Waals surface area contributed by atoms with E-state index in [1.165, 1.54) is 24.0 Å². The molecule has 0 aliphatic rings. The minimum Gasteiger partial charge on any atom is -0.462 e. The van der Waals surface area contributed by atoms with E-state index in [-0.39, 0.29) is 28.9 Å². The van der Waals surface area contributed by atoms with Crippen LogP contribution in [0.1, 0.15) is 52.4 Å². The molecule has 0 saturated heterocycles. The van der Waals surface area contributed by atoms with Gasteiger partial charge in [0.2, 0.25) is 5.91 Å². The number of ketones is 1. The maximum Gasteiger partial charge on any atom is 0.341 e. The summed E-state index contributed by atoms with van der Waals surface area (Å²) in [5.41, 5.74) is 0.706. The second-order valence-electron chi connectivity index (χ2n) is 5.34. The first kappa shape index (κ1) is 19.1. The molecular weight excluding hydrogens is 366 g/mol. The van der Waals surface area contributed by atoms with Crippen LogP contribution in [0.25, 0.3) is 0 Å². The Bertz CT molecular complexity index is 827. The lowest BCUT2D eigenvalue weighted by Crippen LogP contribution is -2.24. The molecule has 9 heteroatoms. The van der Waals surface area contributed by atoms with Gasteiger partial charge in [0.15, 0.2) is 5.78 Å². The van der Waals surface area contributed by atoms with Crippen LogP contribution in [0.4, 0.5) is 5.00 Å². The van der Waals surface area contributed by atoms with Crippen LogP contribution in [0.2, 0.25) is 5.02 Å². The molecule has 1 amide bonds. The van der Waals surface area contributed by atoms with Crippen LogP contribution in [-0.2, 0) is 9.53 Å². The van der Waals surface area contributed by atoms with Crippen LogP contribution in [-0.4, -0.2) is 34.0 Å². The van der Waals surface area contributed by atoms with E-state index in [0.717, 1.165) is 11.3 Å². The molecule has 0 aliphatic heterocycles. The monoisotopic (exact) mass is 383 g/mol. The molecule has 0 fully saturated rings. The van der Waals surface area contributed by atoms with Crippen molar-refractivity contribution in [1.82, 2.24) is 9.78 Å². The van der Waals surface area contributed by atoms with Crippen molar-refractivity contribution < 1.29 is 19.1 Å². The number of ether oxygens (including phenoxy) is 1. The number of rotatable bonds is 6. The van der Waals surface area contributed by atoms with E-state index in [1.54, 1.807) is 20.8 Å². The molecule has 1 atom stereocenters. The molecule has 0 bridgehead atoms. The summed E-state index contributed by atoms with van der Waals surface area (Å²) in [4.78, 5) is 36.9. The Kier molecular flexibility index (Phi) is 5.97. The molecule has 2 heterocycles. The summed E-state index contributed by atoms with van der Waals surface area (Å²) in [5.74, 6) is -1.14. The van der Waals surface area contributed by atoms with E-state index in [0.29, 0.717) is 15.5 Å². The van der Waals surface area contributed by atoms with E-state index >= 15 is 0 Å². The van der Waals surface area contributed by atoms with E-state index in [2.05, 4.69) is 10.4 Å². The largest absolute Gasteiger partial charge is 0.462 e. The summed E-state index contributed by atoms with van der Waals surface area (Å²) in [7, 11) is 0. The summed E-state index contributed by atoms with van der Waals surface area (Å²) in [6, 6.07) is -0.647. The Balaban J connectivity index is 2.34. The first-order chi connectivity index (χ1) is 11.8. The highest BCUT2D eigenvalue weighted by Crippen LogP contribution is 2.34. The molecule has 2 aromatic heterocycles. The van der Waals surface area contributed by atoms with Crippen molar-refractivity contribution >= 4 is 45.6 Å². The van der Waals surface area contributed by atoms with Gasteiger partial charge in [-0.2, -0.15) is 5.10 Å². The zero-order valence-corrected chi connectivity index (χ0v) is 15.8. The fourth-order valence-corrected chi connectivity index (χ4v) is 3.49. The first-order valence-electron chi connectivity index (χ1n) is 7.58. The quantitative estimate of drug-likeness (QED) is 0.609. The molecule has 0 aromatic carbocycles. The number of nitrogens with zero attached hydrogens (tertiary/aromatic N) is 2. The van der Waals surface area contributed by atoms with Crippen LogP contribution in [0, 0.1) is 6.92 Å². The van der Waals surface area contributed by atoms with Crippen molar-refractivity contribution in [1.29, 1.82) is 0 Å². The summed E-state index contributed by atoms with van der Waals surface area (Å²) < 4.78 is 6.45. The average Bonchev–Trinajstić information content (AvgIpc) is 3.10. The predicted octanol–water partition coefficient (Wildman–Crippen LogP) is 3.49. The van der Waals surface area contributed by atoms with Crippen LogP contribution in [0.3, 0.4) is 0 Å². The van der Waals surface area contributed by atoms with Crippen molar-refractivity contribution in [2.75, 3.05) is 11.9 Å². The maximum absolute atomic E-state index is 12.5. The van der Waals surface area contributed by atoms with Crippen molar-refractivity contribution in [3.63, 3.8) is 0 Å². The number of esters is 1. The number of hydrogen-bond donors (Lipinski definition) is 1. The second-order valence-corrected chi connectivity index (χ2v) is 6.80. The topological polar surface area (TPSA) is 90.3 Å². The molecular formula is C16H18ClN3O4S. The highest BCUT2D eigenvalue weighted by Gasteiger charge is 2.26. The van der Waals surface area contributed by atoms with Gasteiger partial charge in [-0.25, -0.2) is 4.79 Å². The number of nitrogens with one attached hydrogen (secondary N) is 1. The molecule has 1 unspecified atom stereocenters. The fraction of sp³-hybridized carbons (Fsp3) is 0.375. The van der Waals surface area contributed by atoms with Gasteiger partial charge in [-0.05, 0) is 33.3 Å². The minimum absolute atomic E-state index is 0.180. The molecule has 0 saturated carbocycles. The van der Waals surface area contributed by atoms with Gasteiger partial charge in [-0.15, -0.1) is 11.3 Å². The maximum atomic E-state index is 12.5. The summed E-state index contributed by atoms with van der Waals surface area (Å²) >= 11 is 6.87. The molecule has 1 N–H and O–H groups in total. The zero-order chi connectivity index (χ0) is 18.7. The van der Waals surface area contributed by atoms with Crippen LogP contribution in [0.5, 0.6) is 0 Å². The van der Waals surface area contributed by atoms with E-state index in [1.807, 2.05) is 0 Å². The van der Waals surface area contributed by atoms with Gasteiger partial charge in [0.05, 0.1) is 28.3 Å². The SMILES string of the molecule is CCOC(=O)c1c(NC(=O)C(C)n2cc(Cl)cn2)sc(C(C)=O)c1C. The molecule has 7 nitrogen and oxygen atoms in total. The fourth-order valence-electron chi connectivity index (χ4n) is 2.25. The van der Waals surface area contributed by atoms with Crippen molar-refractivity contribution in [3.8, 4) is 0 Å². The third kappa shape index (κ3) is 4.08. The van der Waals surface area contributed by atoms with Crippen molar-refractivity contribution in [3.05, 3.63) is 33.4 Å².